The summed E-state index contributed by atoms with van der Waals surface area (Å²) in [4.78, 5) is 42.4. The van der Waals surface area contributed by atoms with Crippen molar-refractivity contribution in [3.63, 3.8) is 0 Å². The van der Waals surface area contributed by atoms with Gasteiger partial charge in [0.05, 0.1) is 29.0 Å². The van der Waals surface area contributed by atoms with E-state index in [0.29, 0.717) is 36.9 Å². The lowest BCUT2D eigenvalue weighted by Crippen LogP contribution is -2.39. The SMILES string of the molecule is COC(=O)C1=C(C)N=c2s/c(=C\c3ccccc3Cl)c(=O)n2[C@H]1c1ccc(OC(C)=O)cc1. The first-order valence-electron chi connectivity index (χ1n) is 9.94. The molecule has 168 valence electrons. The lowest BCUT2D eigenvalue weighted by Gasteiger charge is -2.24. The van der Waals surface area contributed by atoms with E-state index in [1.165, 1.54) is 29.9 Å². The summed E-state index contributed by atoms with van der Waals surface area (Å²) < 4.78 is 12.0. The van der Waals surface area contributed by atoms with Crippen LogP contribution in [-0.2, 0) is 14.3 Å². The monoisotopic (exact) mass is 482 g/mol. The van der Waals surface area contributed by atoms with Gasteiger partial charge in [0.1, 0.15) is 5.75 Å². The molecule has 2 aromatic carbocycles. The van der Waals surface area contributed by atoms with Gasteiger partial charge in [-0.15, -0.1) is 0 Å². The number of esters is 2. The average Bonchev–Trinajstić information content (AvgIpc) is 3.08. The van der Waals surface area contributed by atoms with Gasteiger partial charge in [0.2, 0.25) is 0 Å². The van der Waals surface area contributed by atoms with E-state index >= 15 is 0 Å². The van der Waals surface area contributed by atoms with Crippen molar-refractivity contribution in [3.05, 3.63) is 95.6 Å². The van der Waals surface area contributed by atoms with E-state index in [9.17, 15) is 14.4 Å². The molecular weight excluding hydrogens is 464 g/mol. The molecule has 0 aliphatic carbocycles. The van der Waals surface area contributed by atoms with Crippen LogP contribution in [-0.4, -0.2) is 23.6 Å². The van der Waals surface area contributed by atoms with Crippen LogP contribution in [0.1, 0.15) is 31.0 Å². The number of fused-ring (bicyclic) bond motifs is 1. The summed E-state index contributed by atoms with van der Waals surface area (Å²) in [6.07, 6.45) is 1.71. The van der Waals surface area contributed by atoms with Gasteiger partial charge in [-0.25, -0.2) is 9.79 Å². The van der Waals surface area contributed by atoms with Crippen LogP contribution in [0.4, 0.5) is 0 Å². The zero-order valence-electron chi connectivity index (χ0n) is 18.0. The minimum Gasteiger partial charge on any atom is -0.466 e. The van der Waals surface area contributed by atoms with Gasteiger partial charge in [-0.05, 0) is 42.3 Å². The third kappa shape index (κ3) is 4.40. The van der Waals surface area contributed by atoms with Crippen LogP contribution >= 0.6 is 22.9 Å². The molecule has 0 fully saturated rings. The Morgan fingerprint density at radius 1 is 1.15 bits per heavy atom. The highest BCUT2D eigenvalue weighted by Crippen LogP contribution is 2.31. The molecule has 0 radical (unpaired) electrons. The maximum absolute atomic E-state index is 13.5. The van der Waals surface area contributed by atoms with E-state index in [4.69, 9.17) is 21.1 Å². The smallest absolute Gasteiger partial charge is 0.338 e. The molecule has 0 unspecified atom stereocenters. The summed E-state index contributed by atoms with van der Waals surface area (Å²) >= 11 is 7.49. The van der Waals surface area contributed by atoms with Gasteiger partial charge in [0.15, 0.2) is 4.80 Å². The maximum atomic E-state index is 13.5. The summed E-state index contributed by atoms with van der Waals surface area (Å²) in [5, 5.41) is 0.521. The molecule has 1 aromatic heterocycles. The molecule has 3 aromatic rings. The van der Waals surface area contributed by atoms with E-state index < -0.39 is 18.0 Å². The van der Waals surface area contributed by atoms with Gasteiger partial charge < -0.3 is 9.47 Å². The molecule has 0 saturated carbocycles. The second-order valence-electron chi connectivity index (χ2n) is 7.26. The Morgan fingerprint density at radius 2 is 1.85 bits per heavy atom. The van der Waals surface area contributed by atoms with Crippen molar-refractivity contribution in [1.82, 2.24) is 4.57 Å². The fourth-order valence-electron chi connectivity index (χ4n) is 3.63. The van der Waals surface area contributed by atoms with Gasteiger partial charge in [-0.3, -0.25) is 14.2 Å². The summed E-state index contributed by atoms with van der Waals surface area (Å²) in [5.74, 6) is -0.662. The predicted octanol–water partition coefficient (Wildman–Crippen LogP) is 2.99. The number of thiazole rings is 1. The van der Waals surface area contributed by atoms with E-state index in [0.717, 1.165) is 0 Å². The molecule has 7 nitrogen and oxygen atoms in total. The van der Waals surface area contributed by atoms with Crippen LogP contribution in [0.2, 0.25) is 5.02 Å². The number of allylic oxidation sites excluding steroid dienone is 1. The molecule has 0 bridgehead atoms. The third-order valence-corrected chi connectivity index (χ3v) is 6.40. The van der Waals surface area contributed by atoms with E-state index in [2.05, 4.69) is 4.99 Å². The van der Waals surface area contributed by atoms with Crippen molar-refractivity contribution in [2.75, 3.05) is 7.11 Å². The van der Waals surface area contributed by atoms with Gasteiger partial charge in [0, 0.05) is 11.9 Å². The molecule has 1 aliphatic rings. The van der Waals surface area contributed by atoms with Crippen LogP contribution in [0.5, 0.6) is 5.75 Å². The molecule has 1 aliphatic heterocycles. The van der Waals surface area contributed by atoms with Crippen LogP contribution in [0.25, 0.3) is 6.08 Å². The lowest BCUT2D eigenvalue weighted by molar-refractivity contribution is -0.136. The second kappa shape index (κ2) is 9.17. The lowest BCUT2D eigenvalue weighted by atomic mass is 9.96. The molecule has 0 amide bonds. The highest BCUT2D eigenvalue weighted by atomic mass is 35.5. The molecule has 2 heterocycles. The number of halogens is 1. The standard InChI is InChI=1S/C24H19ClN2O5S/c1-13-20(23(30)31-3)21(15-8-10-17(11-9-15)32-14(2)28)27-22(29)19(33-24(27)26-13)12-16-6-4-5-7-18(16)25/h4-12,21H,1-3H3/b19-12-/t21-/m0/s1. The van der Waals surface area contributed by atoms with E-state index in [1.807, 2.05) is 18.2 Å². The van der Waals surface area contributed by atoms with Crippen molar-refractivity contribution in [1.29, 1.82) is 0 Å². The second-order valence-corrected chi connectivity index (χ2v) is 8.67. The first kappa shape index (κ1) is 22.7. The molecule has 0 spiro atoms. The van der Waals surface area contributed by atoms with Crippen molar-refractivity contribution in [2.24, 2.45) is 4.99 Å². The number of rotatable bonds is 4. The number of benzene rings is 2. The number of carbonyl (C=O) groups is 2. The Morgan fingerprint density at radius 3 is 2.48 bits per heavy atom. The van der Waals surface area contributed by atoms with E-state index in [1.54, 1.807) is 43.3 Å². The minimum absolute atomic E-state index is 0.259. The van der Waals surface area contributed by atoms with Crippen molar-refractivity contribution >= 4 is 41.0 Å². The summed E-state index contributed by atoms with van der Waals surface area (Å²) in [7, 11) is 1.28. The summed E-state index contributed by atoms with van der Waals surface area (Å²) in [6.45, 7) is 3.02. The number of ether oxygens (including phenoxy) is 2. The molecule has 33 heavy (non-hydrogen) atoms. The maximum Gasteiger partial charge on any atom is 0.338 e. The fraction of sp³-hybridized carbons (Fsp3) is 0.167. The minimum atomic E-state index is -0.756. The van der Waals surface area contributed by atoms with Crippen molar-refractivity contribution in [2.45, 2.75) is 19.9 Å². The van der Waals surface area contributed by atoms with Crippen LogP contribution < -0.4 is 19.6 Å². The van der Waals surface area contributed by atoms with Crippen LogP contribution in [0, 0.1) is 0 Å². The third-order valence-electron chi connectivity index (χ3n) is 5.08. The average molecular weight is 483 g/mol. The summed E-state index contributed by atoms with van der Waals surface area (Å²) in [5.41, 5.74) is 1.76. The highest BCUT2D eigenvalue weighted by molar-refractivity contribution is 7.07. The zero-order valence-corrected chi connectivity index (χ0v) is 19.6. The number of nitrogens with zero attached hydrogens (tertiary/aromatic N) is 2. The largest absolute Gasteiger partial charge is 0.466 e. The molecule has 9 heteroatoms. The van der Waals surface area contributed by atoms with Crippen LogP contribution in [0.15, 0.2) is 69.6 Å². The van der Waals surface area contributed by atoms with E-state index in [-0.39, 0.29) is 11.1 Å². The highest BCUT2D eigenvalue weighted by Gasteiger charge is 2.33. The molecule has 1 atom stereocenters. The molecular formula is C24H19ClN2O5S. The topological polar surface area (TPSA) is 87.0 Å². The van der Waals surface area contributed by atoms with Crippen molar-refractivity contribution < 1.29 is 19.1 Å². The zero-order chi connectivity index (χ0) is 23.7. The number of carbonyl (C=O) groups excluding carboxylic acids is 2. The Kier molecular flexibility index (Phi) is 6.31. The first-order chi connectivity index (χ1) is 15.8. The fourth-order valence-corrected chi connectivity index (χ4v) is 4.85. The van der Waals surface area contributed by atoms with Gasteiger partial charge in [-0.2, -0.15) is 0 Å². The normalized spacial score (nSPS) is 15.6. The summed E-state index contributed by atoms with van der Waals surface area (Å²) in [6, 6.07) is 13.1. The molecule has 0 saturated heterocycles. The number of hydrogen-bond donors (Lipinski definition) is 0. The quantitative estimate of drug-likeness (QED) is 0.421. The number of methoxy groups -OCH3 is 1. The predicted molar refractivity (Wildman–Crippen MR) is 125 cm³/mol. The number of hydrogen-bond acceptors (Lipinski definition) is 7. The van der Waals surface area contributed by atoms with Gasteiger partial charge >= 0.3 is 11.9 Å². The Balaban J connectivity index is 1.93. The number of aromatic nitrogens is 1. The van der Waals surface area contributed by atoms with Crippen molar-refractivity contribution in [3.8, 4) is 5.75 Å². The van der Waals surface area contributed by atoms with Gasteiger partial charge in [0.25, 0.3) is 5.56 Å². The molecule has 4 rings (SSSR count). The van der Waals surface area contributed by atoms with Gasteiger partial charge in [-0.1, -0.05) is 53.3 Å². The molecule has 0 N–H and O–H groups in total. The Bertz CT molecular complexity index is 1470. The Hall–Kier alpha value is -3.49. The van der Waals surface area contributed by atoms with Crippen LogP contribution in [0.3, 0.4) is 0 Å². The Labute approximate surface area is 197 Å². The first-order valence-corrected chi connectivity index (χ1v) is 11.1.